The van der Waals surface area contributed by atoms with Crippen molar-refractivity contribution in [3.05, 3.63) is 0 Å². The van der Waals surface area contributed by atoms with Gasteiger partial charge in [-0.3, -0.25) is 18.6 Å². The molecule has 0 aromatic heterocycles. The Hall–Kier alpha value is -0.990. The zero-order chi connectivity index (χ0) is 48.1. The molecule has 2 unspecified atom stereocenters. The highest BCUT2D eigenvalue weighted by Gasteiger charge is 2.26. The van der Waals surface area contributed by atoms with Gasteiger partial charge >= 0.3 is 19.8 Å². The van der Waals surface area contributed by atoms with Crippen LogP contribution in [0.25, 0.3) is 0 Å². The lowest BCUT2D eigenvalue weighted by molar-refractivity contribution is -0.161. The van der Waals surface area contributed by atoms with Crippen LogP contribution in [0.3, 0.4) is 0 Å². The zero-order valence-electron chi connectivity index (χ0n) is 44.0. The summed E-state index contributed by atoms with van der Waals surface area (Å²) in [5, 5.41) is 0. The van der Waals surface area contributed by atoms with Gasteiger partial charge in [0, 0.05) is 19.4 Å². The van der Waals surface area contributed by atoms with E-state index in [0.29, 0.717) is 6.42 Å². The molecule has 0 radical (unpaired) electrons. The minimum atomic E-state index is -4.37. The van der Waals surface area contributed by atoms with E-state index in [4.69, 9.17) is 24.3 Å². The van der Waals surface area contributed by atoms with Gasteiger partial charge in [0.15, 0.2) is 6.10 Å². The average molecular weight is 958 g/mol. The van der Waals surface area contributed by atoms with Gasteiger partial charge in [-0.25, -0.2) is 4.57 Å². The Balaban J connectivity index is 3.79. The van der Waals surface area contributed by atoms with Crippen LogP contribution in [0.1, 0.15) is 316 Å². The molecule has 0 heterocycles. The molecule has 9 nitrogen and oxygen atoms in total. The summed E-state index contributed by atoms with van der Waals surface area (Å²) in [6.07, 6.45) is 59.0. The molecule has 0 rings (SSSR count). The number of carbonyl (C=O) groups excluding carboxylic acids is 2. The molecule has 0 aliphatic carbocycles. The third-order valence-electron chi connectivity index (χ3n) is 13.2. The van der Waals surface area contributed by atoms with E-state index >= 15 is 0 Å². The third kappa shape index (κ3) is 52.4. The van der Waals surface area contributed by atoms with Crippen molar-refractivity contribution in [1.82, 2.24) is 0 Å². The maximum atomic E-state index is 12.7. The molecule has 3 N–H and O–H groups in total. The van der Waals surface area contributed by atoms with Crippen molar-refractivity contribution in [1.29, 1.82) is 0 Å². The first-order valence-electron chi connectivity index (χ1n) is 29.0. The van der Waals surface area contributed by atoms with Gasteiger partial charge in [-0.2, -0.15) is 0 Å². The van der Waals surface area contributed by atoms with Crippen LogP contribution in [0.15, 0.2) is 0 Å². The summed E-state index contributed by atoms with van der Waals surface area (Å²) in [7, 11) is -4.37. The molecule has 10 heteroatoms. The van der Waals surface area contributed by atoms with Crippen molar-refractivity contribution in [3.63, 3.8) is 0 Å². The fourth-order valence-electron chi connectivity index (χ4n) is 8.93. The third-order valence-corrected chi connectivity index (χ3v) is 14.2. The summed E-state index contributed by atoms with van der Waals surface area (Å²) < 4.78 is 33.0. The molecular formula is C56H112NO8P. The number of rotatable bonds is 56. The first-order chi connectivity index (χ1) is 32.3. The van der Waals surface area contributed by atoms with Crippen molar-refractivity contribution in [2.24, 2.45) is 5.73 Å². The predicted octanol–water partition coefficient (Wildman–Crippen LogP) is 17.9. The minimum absolute atomic E-state index is 0.0584. The molecule has 0 bridgehead atoms. The normalized spacial score (nSPS) is 13.0. The Morgan fingerprint density at radius 2 is 0.652 bits per heavy atom. The summed E-state index contributed by atoms with van der Waals surface area (Å²) in [6, 6.07) is 0. The maximum absolute atomic E-state index is 12.7. The molecule has 66 heavy (non-hydrogen) atoms. The second-order valence-electron chi connectivity index (χ2n) is 19.9. The molecule has 0 saturated heterocycles. The van der Waals surface area contributed by atoms with Crippen molar-refractivity contribution in [2.45, 2.75) is 322 Å². The van der Waals surface area contributed by atoms with Gasteiger partial charge < -0.3 is 20.1 Å². The summed E-state index contributed by atoms with van der Waals surface area (Å²) >= 11 is 0. The van der Waals surface area contributed by atoms with E-state index in [9.17, 15) is 19.0 Å². The van der Waals surface area contributed by atoms with E-state index in [-0.39, 0.29) is 38.6 Å². The van der Waals surface area contributed by atoms with Gasteiger partial charge in [0.25, 0.3) is 0 Å². The van der Waals surface area contributed by atoms with E-state index in [2.05, 4.69) is 13.8 Å². The van der Waals surface area contributed by atoms with E-state index in [1.807, 2.05) is 0 Å². The Morgan fingerprint density at radius 1 is 0.394 bits per heavy atom. The zero-order valence-corrected chi connectivity index (χ0v) is 44.9. The van der Waals surface area contributed by atoms with Gasteiger partial charge in [-0.1, -0.05) is 290 Å². The highest BCUT2D eigenvalue weighted by molar-refractivity contribution is 7.47. The maximum Gasteiger partial charge on any atom is 0.472 e. The van der Waals surface area contributed by atoms with Gasteiger partial charge in [-0.15, -0.1) is 0 Å². The molecular weight excluding hydrogens is 846 g/mol. The predicted molar refractivity (Wildman–Crippen MR) is 280 cm³/mol. The number of carbonyl (C=O) groups is 2. The number of ether oxygens (including phenoxy) is 2. The number of phosphoric acid groups is 1. The topological polar surface area (TPSA) is 134 Å². The molecule has 0 spiro atoms. The number of esters is 2. The van der Waals surface area contributed by atoms with Crippen LogP contribution >= 0.6 is 7.82 Å². The second kappa shape index (κ2) is 53.4. The molecule has 0 fully saturated rings. The van der Waals surface area contributed by atoms with Gasteiger partial charge in [0.1, 0.15) is 6.61 Å². The molecule has 394 valence electrons. The molecule has 0 amide bonds. The van der Waals surface area contributed by atoms with Crippen LogP contribution in [0, 0.1) is 0 Å². The fraction of sp³-hybridized carbons (Fsp3) is 0.964. The van der Waals surface area contributed by atoms with E-state index in [1.165, 1.54) is 250 Å². The van der Waals surface area contributed by atoms with Crippen LogP contribution in [-0.2, 0) is 32.7 Å². The largest absolute Gasteiger partial charge is 0.472 e. The van der Waals surface area contributed by atoms with Crippen molar-refractivity contribution in [2.75, 3.05) is 26.4 Å². The summed E-state index contributed by atoms with van der Waals surface area (Å²) in [5.41, 5.74) is 5.37. The van der Waals surface area contributed by atoms with Crippen LogP contribution in [0.2, 0.25) is 0 Å². The lowest BCUT2D eigenvalue weighted by atomic mass is 10.0. The molecule has 0 aromatic rings. The highest BCUT2D eigenvalue weighted by Crippen LogP contribution is 2.43. The van der Waals surface area contributed by atoms with Crippen molar-refractivity contribution in [3.8, 4) is 0 Å². The monoisotopic (exact) mass is 958 g/mol. The summed E-state index contributed by atoms with van der Waals surface area (Å²) in [4.78, 5) is 35.1. The molecule has 0 aliphatic rings. The molecule has 2 atom stereocenters. The molecule has 0 aliphatic heterocycles. The van der Waals surface area contributed by atoms with E-state index in [1.54, 1.807) is 0 Å². The minimum Gasteiger partial charge on any atom is -0.462 e. The summed E-state index contributed by atoms with van der Waals surface area (Å²) in [6.45, 7) is 3.80. The SMILES string of the molecule is CCCCCCCCCCCCCCCCCCCCCCCCCCCCCCCCCCC(=O)OC(COC(=O)CCCCCCCCCCCCCCC)COP(=O)(O)OCCN. The number of hydrogen-bond donors (Lipinski definition) is 2. The standard InChI is InChI=1S/C56H112NO8P/c1-3-5-7-9-11-13-15-17-18-19-20-21-22-23-24-25-26-27-28-29-30-31-32-33-34-35-37-39-41-43-45-47-49-56(59)65-54(53-64-66(60,61)63-51-50-57)52-62-55(58)48-46-44-42-40-38-36-16-14-12-10-8-6-4-2/h54H,3-53,57H2,1-2H3,(H,60,61). The van der Waals surface area contributed by atoms with Crippen LogP contribution in [0.4, 0.5) is 0 Å². The fourth-order valence-corrected chi connectivity index (χ4v) is 9.70. The second-order valence-corrected chi connectivity index (χ2v) is 21.3. The van der Waals surface area contributed by atoms with Gasteiger partial charge in [-0.05, 0) is 12.8 Å². The van der Waals surface area contributed by atoms with Crippen LogP contribution in [-0.4, -0.2) is 49.3 Å². The highest BCUT2D eigenvalue weighted by atomic mass is 31.2. The molecule has 0 aromatic carbocycles. The number of phosphoric ester groups is 1. The summed E-state index contributed by atoms with van der Waals surface area (Å²) in [5.74, 6) is -0.806. The van der Waals surface area contributed by atoms with Crippen LogP contribution < -0.4 is 5.73 Å². The Labute approximate surface area is 409 Å². The quantitative estimate of drug-likeness (QED) is 0.0347. The number of nitrogens with two attached hydrogens (primary N) is 1. The van der Waals surface area contributed by atoms with Crippen LogP contribution in [0.5, 0.6) is 0 Å². The van der Waals surface area contributed by atoms with Crippen molar-refractivity contribution < 1.29 is 37.6 Å². The molecule has 0 saturated carbocycles. The lowest BCUT2D eigenvalue weighted by Gasteiger charge is -2.19. The Bertz CT molecular complexity index is 1050. The van der Waals surface area contributed by atoms with E-state index < -0.39 is 26.5 Å². The smallest absolute Gasteiger partial charge is 0.462 e. The lowest BCUT2D eigenvalue weighted by Crippen LogP contribution is -2.29. The first-order valence-corrected chi connectivity index (χ1v) is 30.5. The first kappa shape index (κ1) is 65.0. The number of unbranched alkanes of at least 4 members (excludes halogenated alkanes) is 43. The Morgan fingerprint density at radius 3 is 0.924 bits per heavy atom. The van der Waals surface area contributed by atoms with Gasteiger partial charge in [0.05, 0.1) is 13.2 Å². The Kier molecular flexibility index (Phi) is 52.6. The van der Waals surface area contributed by atoms with Crippen molar-refractivity contribution >= 4 is 19.8 Å². The van der Waals surface area contributed by atoms with Gasteiger partial charge in [0.2, 0.25) is 0 Å². The van der Waals surface area contributed by atoms with E-state index in [0.717, 1.165) is 32.1 Å². The average Bonchev–Trinajstić information content (AvgIpc) is 3.31. The number of hydrogen-bond acceptors (Lipinski definition) is 8.